The Hall–Kier alpha value is -2.65. The molecule has 8 nitrogen and oxygen atoms in total. The van der Waals surface area contributed by atoms with Gasteiger partial charge in [0.25, 0.3) is 5.91 Å². The lowest BCUT2D eigenvalue weighted by Crippen LogP contribution is -2.28. The number of anilines is 1. The van der Waals surface area contributed by atoms with Gasteiger partial charge < -0.3 is 14.6 Å². The Bertz CT molecular complexity index is 1000. The first-order valence-electron chi connectivity index (χ1n) is 8.92. The molecule has 0 saturated carbocycles. The number of carbonyl (C=O) groups excluding carboxylic acids is 2. The van der Waals surface area contributed by atoms with Crippen molar-refractivity contribution in [3.63, 3.8) is 0 Å². The molecule has 0 unspecified atom stereocenters. The number of aromatic nitrogens is 1. The number of hydrogen-bond acceptors (Lipinski definition) is 5. The van der Waals surface area contributed by atoms with Gasteiger partial charge in [-0.05, 0) is 50.1 Å². The quantitative estimate of drug-likeness (QED) is 0.769. The van der Waals surface area contributed by atoms with E-state index < -0.39 is 21.9 Å². The largest absolute Gasteiger partial charge is 0.465 e. The Morgan fingerprint density at radius 2 is 1.71 bits per heavy atom. The number of nitrogens with zero attached hydrogens (tertiary/aromatic N) is 2. The molecule has 1 saturated heterocycles. The molecule has 1 fully saturated rings. The van der Waals surface area contributed by atoms with Crippen molar-refractivity contribution in [3.8, 4) is 0 Å². The van der Waals surface area contributed by atoms with Gasteiger partial charge in [0.2, 0.25) is 10.0 Å². The monoisotopic (exact) mass is 405 g/mol. The van der Waals surface area contributed by atoms with Crippen LogP contribution in [-0.4, -0.2) is 49.4 Å². The molecule has 1 aliphatic rings. The summed E-state index contributed by atoms with van der Waals surface area (Å²) in [6.45, 7) is 2.69. The van der Waals surface area contributed by atoms with Crippen LogP contribution in [0.5, 0.6) is 0 Å². The van der Waals surface area contributed by atoms with Crippen molar-refractivity contribution in [2.45, 2.75) is 24.7 Å². The van der Waals surface area contributed by atoms with Crippen LogP contribution < -0.4 is 5.32 Å². The first-order chi connectivity index (χ1) is 13.3. The standard InChI is InChI=1S/C19H23N3O5S/c1-13-17(28(25,26)22-10-4-5-11-22)12-16(21(13)2)18(23)20-15-8-6-14(7-9-15)19(24)27-3/h6-9,12H,4-5,10-11H2,1-3H3,(H,20,23). The summed E-state index contributed by atoms with van der Waals surface area (Å²) in [4.78, 5) is 24.3. The Kier molecular flexibility index (Phi) is 5.57. The van der Waals surface area contributed by atoms with E-state index >= 15 is 0 Å². The SMILES string of the molecule is COC(=O)c1ccc(NC(=O)c2cc(S(=O)(=O)N3CCCC3)c(C)n2C)cc1. The number of amides is 1. The molecule has 0 spiro atoms. The minimum Gasteiger partial charge on any atom is -0.465 e. The molecule has 9 heteroatoms. The van der Waals surface area contributed by atoms with Crippen molar-refractivity contribution in [3.05, 3.63) is 47.3 Å². The predicted octanol–water partition coefficient (Wildman–Crippen LogP) is 2.16. The molecule has 2 aromatic rings. The minimum absolute atomic E-state index is 0.156. The van der Waals surface area contributed by atoms with Gasteiger partial charge >= 0.3 is 5.97 Å². The number of carbonyl (C=O) groups is 2. The smallest absolute Gasteiger partial charge is 0.337 e. The van der Waals surface area contributed by atoms with Gasteiger partial charge in [0.15, 0.2) is 0 Å². The van der Waals surface area contributed by atoms with Crippen molar-refractivity contribution in [1.29, 1.82) is 0 Å². The molecule has 1 aliphatic heterocycles. The van der Waals surface area contributed by atoms with Crippen LogP contribution in [0.4, 0.5) is 5.69 Å². The van der Waals surface area contributed by atoms with Crippen molar-refractivity contribution >= 4 is 27.6 Å². The van der Waals surface area contributed by atoms with E-state index in [4.69, 9.17) is 0 Å². The second-order valence-electron chi connectivity index (χ2n) is 6.67. The summed E-state index contributed by atoms with van der Waals surface area (Å²) >= 11 is 0. The van der Waals surface area contributed by atoms with Crippen molar-refractivity contribution in [2.75, 3.05) is 25.5 Å². The summed E-state index contributed by atoms with van der Waals surface area (Å²) in [5.41, 5.74) is 1.61. The maximum Gasteiger partial charge on any atom is 0.337 e. The number of nitrogens with one attached hydrogen (secondary N) is 1. The van der Waals surface area contributed by atoms with Gasteiger partial charge in [-0.25, -0.2) is 13.2 Å². The van der Waals surface area contributed by atoms with Gasteiger partial charge in [0.05, 0.1) is 12.7 Å². The molecule has 1 N–H and O–H groups in total. The zero-order valence-electron chi connectivity index (χ0n) is 16.1. The average molecular weight is 405 g/mol. The predicted molar refractivity (Wildman–Crippen MR) is 104 cm³/mol. The lowest BCUT2D eigenvalue weighted by molar-refractivity contribution is 0.0600. The molecule has 1 aromatic carbocycles. The van der Waals surface area contributed by atoms with Crippen LogP contribution in [0.25, 0.3) is 0 Å². The second-order valence-corrected chi connectivity index (χ2v) is 8.58. The molecule has 0 bridgehead atoms. The first kappa shape index (κ1) is 20.1. The lowest BCUT2D eigenvalue weighted by atomic mass is 10.2. The van der Waals surface area contributed by atoms with E-state index in [1.165, 1.54) is 17.5 Å². The Morgan fingerprint density at radius 3 is 2.29 bits per heavy atom. The summed E-state index contributed by atoms with van der Waals surface area (Å²) in [5, 5.41) is 2.72. The molecule has 0 radical (unpaired) electrons. The Morgan fingerprint density at radius 1 is 1.11 bits per heavy atom. The van der Waals surface area contributed by atoms with E-state index in [1.54, 1.807) is 42.8 Å². The highest BCUT2D eigenvalue weighted by Gasteiger charge is 2.31. The molecule has 3 rings (SSSR count). The third kappa shape index (κ3) is 3.67. The molecule has 0 atom stereocenters. The third-order valence-corrected chi connectivity index (χ3v) is 6.98. The molecule has 150 valence electrons. The second kappa shape index (κ2) is 7.76. The van der Waals surface area contributed by atoms with Crippen LogP contribution in [0.2, 0.25) is 0 Å². The number of benzene rings is 1. The summed E-state index contributed by atoms with van der Waals surface area (Å²) in [6.07, 6.45) is 1.69. The highest BCUT2D eigenvalue weighted by molar-refractivity contribution is 7.89. The molecule has 0 aliphatic carbocycles. The molecular weight excluding hydrogens is 382 g/mol. The van der Waals surface area contributed by atoms with E-state index in [-0.39, 0.29) is 10.6 Å². The fourth-order valence-electron chi connectivity index (χ4n) is 3.22. The van der Waals surface area contributed by atoms with Crippen molar-refractivity contribution in [2.24, 2.45) is 7.05 Å². The molecule has 2 heterocycles. The van der Waals surface area contributed by atoms with Gasteiger partial charge in [0.1, 0.15) is 10.6 Å². The lowest BCUT2D eigenvalue weighted by Gasteiger charge is -2.15. The first-order valence-corrected chi connectivity index (χ1v) is 10.4. The van der Waals surface area contributed by atoms with E-state index in [2.05, 4.69) is 10.1 Å². The molecule has 1 aromatic heterocycles. The normalized spacial score (nSPS) is 14.8. The Balaban J connectivity index is 1.84. The number of hydrogen-bond donors (Lipinski definition) is 1. The van der Waals surface area contributed by atoms with Crippen LogP contribution in [0, 0.1) is 6.92 Å². The summed E-state index contributed by atoms with van der Waals surface area (Å²) in [6, 6.07) is 7.67. The maximum atomic E-state index is 12.9. The van der Waals surface area contributed by atoms with Crippen LogP contribution in [0.1, 0.15) is 39.4 Å². The van der Waals surface area contributed by atoms with Gasteiger partial charge in [0, 0.05) is 31.5 Å². The number of esters is 1. The Labute approximate surface area is 164 Å². The van der Waals surface area contributed by atoms with Crippen LogP contribution >= 0.6 is 0 Å². The van der Waals surface area contributed by atoms with Crippen LogP contribution in [0.3, 0.4) is 0 Å². The van der Waals surface area contributed by atoms with Crippen molar-refractivity contribution < 1.29 is 22.7 Å². The highest BCUT2D eigenvalue weighted by atomic mass is 32.2. The fourth-order valence-corrected chi connectivity index (χ4v) is 5.01. The zero-order chi connectivity index (χ0) is 20.5. The summed E-state index contributed by atoms with van der Waals surface area (Å²) < 4.78 is 33.4. The number of rotatable bonds is 5. The average Bonchev–Trinajstić information content (AvgIpc) is 3.32. The zero-order valence-corrected chi connectivity index (χ0v) is 16.9. The molecular formula is C19H23N3O5S. The van der Waals surface area contributed by atoms with E-state index in [9.17, 15) is 18.0 Å². The van der Waals surface area contributed by atoms with Gasteiger partial charge in [-0.15, -0.1) is 0 Å². The number of methoxy groups -OCH3 is 1. The fraction of sp³-hybridized carbons (Fsp3) is 0.368. The van der Waals surface area contributed by atoms with E-state index in [0.717, 1.165) is 12.8 Å². The minimum atomic E-state index is -3.61. The van der Waals surface area contributed by atoms with Crippen molar-refractivity contribution in [1.82, 2.24) is 8.87 Å². The highest BCUT2D eigenvalue weighted by Crippen LogP contribution is 2.26. The summed E-state index contributed by atoms with van der Waals surface area (Å²) in [7, 11) is -0.659. The topological polar surface area (TPSA) is 97.7 Å². The maximum absolute atomic E-state index is 12.9. The summed E-state index contributed by atoms with van der Waals surface area (Å²) in [5.74, 6) is -0.896. The van der Waals surface area contributed by atoms with Crippen LogP contribution in [-0.2, 0) is 21.8 Å². The van der Waals surface area contributed by atoms with Crippen LogP contribution in [0.15, 0.2) is 35.2 Å². The third-order valence-electron chi connectivity index (χ3n) is 4.97. The van der Waals surface area contributed by atoms with Gasteiger partial charge in [-0.2, -0.15) is 4.31 Å². The molecule has 1 amide bonds. The van der Waals surface area contributed by atoms with E-state index in [0.29, 0.717) is 30.0 Å². The van der Waals surface area contributed by atoms with Gasteiger partial charge in [-0.3, -0.25) is 4.79 Å². The van der Waals surface area contributed by atoms with Gasteiger partial charge in [-0.1, -0.05) is 0 Å². The number of sulfonamides is 1. The van der Waals surface area contributed by atoms with E-state index in [1.807, 2.05) is 0 Å². The molecule has 28 heavy (non-hydrogen) atoms. The number of ether oxygens (including phenoxy) is 1.